The molecule has 1 aliphatic rings. The normalized spacial score (nSPS) is 14.6. The molecule has 120 valence electrons. The first-order valence-electron chi connectivity index (χ1n) is 7.02. The summed E-state index contributed by atoms with van der Waals surface area (Å²) >= 11 is 0. The summed E-state index contributed by atoms with van der Waals surface area (Å²) in [4.78, 5) is 25.6. The van der Waals surface area contributed by atoms with Crippen LogP contribution in [0.5, 0.6) is 11.5 Å². The SMILES string of the molecule is COc1cccc(OC)c1C(=O)NCCN1CCOCC1=O. The molecular weight excluding hydrogens is 288 g/mol. The molecule has 2 rings (SSSR count). The van der Waals surface area contributed by atoms with Crippen molar-refractivity contribution in [3.05, 3.63) is 23.8 Å². The molecule has 1 aromatic carbocycles. The van der Waals surface area contributed by atoms with Gasteiger partial charge in [-0.1, -0.05) is 6.07 Å². The zero-order valence-corrected chi connectivity index (χ0v) is 12.8. The maximum Gasteiger partial charge on any atom is 0.258 e. The van der Waals surface area contributed by atoms with Gasteiger partial charge in [0.15, 0.2) is 0 Å². The highest BCUT2D eigenvalue weighted by molar-refractivity contribution is 5.99. The molecule has 0 aliphatic carbocycles. The molecule has 1 N–H and O–H groups in total. The number of hydrogen-bond donors (Lipinski definition) is 1. The Labute approximate surface area is 129 Å². The molecule has 22 heavy (non-hydrogen) atoms. The van der Waals surface area contributed by atoms with Crippen molar-refractivity contribution in [2.24, 2.45) is 0 Å². The number of hydrogen-bond acceptors (Lipinski definition) is 5. The van der Waals surface area contributed by atoms with Crippen LogP contribution >= 0.6 is 0 Å². The van der Waals surface area contributed by atoms with Crippen molar-refractivity contribution >= 4 is 11.8 Å². The van der Waals surface area contributed by atoms with E-state index in [9.17, 15) is 9.59 Å². The number of rotatable bonds is 6. The van der Waals surface area contributed by atoms with Gasteiger partial charge in [0.1, 0.15) is 23.7 Å². The van der Waals surface area contributed by atoms with Gasteiger partial charge >= 0.3 is 0 Å². The van der Waals surface area contributed by atoms with Crippen LogP contribution in [0.25, 0.3) is 0 Å². The summed E-state index contributed by atoms with van der Waals surface area (Å²) in [7, 11) is 3.00. The summed E-state index contributed by atoms with van der Waals surface area (Å²) < 4.78 is 15.5. The largest absolute Gasteiger partial charge is 0.496 e. The van der Waals surface area contributed by atoms with Crippen molar-refractivity contribution in [1.82, 2.24) is 10.2 Å². The summed E-state index contributed by atoms with van der Waals surface area (Å²) in [6.07, 6.45) is 0. The predicted molar refractivity (Wildman–Crippen MR) is 79.3 cm³/mol. The van der Waals surface area contributed by atoms with Gasteiger partial charge in [0.2, 0.25) is 5.91 Å². The summed E-state index contributed by atoms with van der Waals surface area (Å²) in [6.45, 7) is 1.98. The van der Waals surface area contributed by atoms with Gasteiger partial charge in [0.25, 0.3) is 5.91 Å². The Morgan fingerprint density at radius 1 is 1.32 bits per heavy atom. The highest BCUT2D eigenvalue weighted by Crippen LogP contribution is 2.27. The van der Waals surface area contributed by atoms with Crippen molar-refractivity contribution < 1.29 is 23.8 Å². The van der Waals surface area contributed by atoms with Gasteiger partial charge in [-0.15, -0.1) is 0 Å². The number of carbonyl (C=O) groups excluding carboxylic acids is 2. The smallest absolute Gasteiger partial charge is 0.258 e. The highest BCUT2D eigenvalue weighted by atomic mass is 16.5. The maximum absolute atomic E-state index is 12.3. The average Bonchev–Trinajstić information content (AvgIpc) is 2.55. The first-order chi connectivity index (χ1) is 10.7. The summed E-state index contributed by atoms with van der Waals surface area (Å²) in [5.41, 5.74) is 0.348. The molecule has 2 amide bonds. The molecule has 0 atom stereocenters. The van der Waals surface area contributed by atoms with E-state index >= 15 is 0 Å². The lowest BCUT2D eigenvalue weighted by Gasteiger charge is -2.26. The molecule has 0 aromatic heterocycles. The van der Waals surface area contributed by atoms with E-state index in [1.165, 1.54) is 14.2 Å². The lowest BCUT2D eigenvalue weighted by atomic mass is 10.1. The Bertz CT molecular complexity index is 524. The van der Waals surface area contributed by atoms with E-state index in [0.29, 0.717) is 43.3 Å². The second kappa shape index (κ2) is 7.65. The van der Waals surface area contributed by atoms with Gasteiger partial charge in [-0.25, -0.2) is 0 Å². The van der Waals surface area contributed by atoms with Crippen LogP contribution in [0, 0.1) is 0 Å². The van der Waals surface area contributed by atoms with E-state index < -0.39 is 0 Å². The van der Waals surface area contributed by atoms with Crippen LogP contribution in [0.1, 0.15) is 10.4 Å². The quantitative estimate of drug-likeness (QED) is 0.817. The standard InChI is InChI=1S/C15H20N2O5/c1-20-11-4-3-5-12(21-2)14(11)15(19)16-6-7-17-8-9-22-10-13(17)18/h3-5H,6-10H2,1-2H3,(H,16,19). The van der Waals surface area contributed by atoms with E-state index in [0.717, 1.165) is 0 Å². The molecule has 1 heterocycles. The van der Waals surface area contributed by atoms with Crippen LogP contribution in [0.2, 0.25) is 0 Å². The third-order valence-electron chi connectivity index (χ3n) is 3.41. The monoisotopic (exact) mass is 308 g/mol. The predicted octanol–water partition coefficient (Wildman–Crippen LogP) is 0.292. The van der Waals surface area contributed by atoms with Crippen LogP contribution < -0.4 is 14.8 Å². The van der Waals surface area contributed by atoms with Crippen molar-refractivity contribution in [3.8, 4) is 11.5 Å². The molecule has 0 radical (unpaired) electrons. The molecule has 7 heteroatoms. The maximum atomic E-state index is 12.3. The minimum Gasteiger partial charge on any atom is -0.496 e. The number of methoxy groups -OCH3 is 2. The zero-order chi connectivity index (χ0) is 15.9. The molecule has 1 aromatic rings. The van der Waals surface area contributed by atoms with Gasteiger partial charge in [-0.05, 0) is 12.1 Å². The fourth-order valence-corrected chi connectivity index (χ4v) is 2.25. The number of nitrogens with zero attached hydrogens (tertiary/aromatic N) is 1. The summed E-state index contributed by atoms with van der Waals surface area (Å²) in [5, 5.41) is 2.78. The van der Waals surface area contributed by atoms with E-state index in [1.54, 1.807) is 23.1 Å². The number of nitrogens with one attached hydrogen (secondary N) is 1. The molecule has 1 saturated heterocycles. The Hall–Kier alpha value is -2.28. The fourth-order valence-electron chi connectivity index (χ4n) is 2.25. The minimum atomic E-state index is -0.296. The Kier molecular flexibility index (Phi) is 5.60. The van der Waals surface area contributed by atoms with Gasteiger partial charge in [0, 0.05) is 19.6 Å². The molecule has 0 saturated carbocycles. The van der Waals surface area contributed by atoms with Gasteiger partial charge in [0.05, 0.1) is 20.8 Å². The summed E-state index contributed by atoms with van der Waals surface area (Å²) in [6, 6.07) is 5.15. The second-order valence-corrected chi connectivity index (χ2v) is 4.73. The van der Waals surface area contributed by atoms with Crippen molar-refractivity contribution in [3.63, 3.8) is 0 Å². The molecule has 1 aliphatic heterocycles. The zero-order valence-electron chi connectivity index (χ0n) is 12.8. The topological polar surface area (TPSA) is 77.1 Å². The third kappa shape index (κ3) is 3.67. The molecule has 0 spiro atoms. The summed E-state index contributed by atoms with van der Waals surface area (Å²) in [5.74, 6) is 0.531. The Balaban J connectivity index is 1.96. The van der Waals surface area contributed by atoms with Crippen LogP contribution in [-0.4, -0.2) is 63.8 Å². The fraction of sp³-hybridized carbons (Fsp3) is 0.467. The molecule has 0 unspecified atom stereocenters. The highest BCUT2D eigenvalue weighted by Gasteiger charge is 2.20. The average molecular weight is 308 g/mol. The minimum absolute atomic E-state index is 0.0598. The van der Waals surface area contributed by atoms with Crippen LogP contribution in [0.15, 0.2) is 18.2 Å². The lowest BCUT2D eigenvalue weighted by Crippen LogP contribution is -2.45. The van der Waals surface area contributed by atoms with Crippen LogP contribution in [-0.2, 0) is 9.53 Å². The molecule has 1 fully saturated rings. The van der Waals surface area contributed by atoms with Gasteiger partial charge < -0.3 is 24.4 Å². The first kappa shape index (κ1) is 16.1. The number of ether oxygens (including phenoxy) is 3. The van der Waals surface area contributed by atoms with E-state index in [1.807, 2.05) is 0 Å². The molecule has 0 bridgehead atoms. The number of amides is 2. The number of benzene rings is 1. The lowest BCUT2D eigenvalue weighted by molar-refractivity contribution is -0.142. The Morgan fingerprint density at radius 2 is 2.00 bits per heavy atom. The molecule has 7 nitrogen and oxygen atoms in total. The third-order valence-corrected chi connectivity index (χ3v) is 3.41. The number of morpholine rings is 1. The first-order valence-corrected chi connectivity index (χ1v) is 7.02. The number of carbonyl (C=O) groups is 2. The second-order valence-electron chi connectivity index (χ2n) is 4.73. The van der Waals surface area contributed by atoms with Crippen molar-refractivity contribution in [2.75, 3.05) is 47.1 Å². The van der Waals surface area contributed by atoms with Gasteiger partial charge in [-0.2, -0.15) is 0 Å². The van der Waals surface area contributed by atoms with E-state index in [-0.39, 0.29) is 18.4 Å². The van der Waals surface area contributed by atoms with Crippen molar-refractivity contribution in [2.45, 2.75) is 0 Å². The van der Waals surface area contributed by atoms with E-state index in [4.69, 9.17) is 14.2 Å². The molecular formula is C15H20N2O5. The van der Waals surface area contributed by atoms with Gasteiger partial charge in [-0.3, -0.25) is 9.59 Å². The Morgan fingerprint density at radius 3 is 2.59 bits per heavy atom. The van der Waals surface area contributed by atoms with Crippen LogP contribution in [0.4, 0.5) is 0 Å². The van der Waals surface area contributed by atoms with Crippen LogP contribution in [0.3, 0.4) is 0 Å². The van der Waals surface area contributed by atoms with Crippen molar-refractivity contribution in [1.29, 1.82) is 0 Å². The van der Waals surface area contributed by atoms with E-state index in [2.05, 4.69) is 5.32 Å².